The quantitative estimate of drug-likeness (QED) is 0.881. The molecule has 1 aromatic carbocycles. The van der Waals surface area contributed by atoms with Crippen molar-refractivity contribution in [1.29, 1.82) is 0 Å². The summed E-state index contributed by atoms with van der Waals surface area (Å²) in [7, 11) is -3.56. The minimum atomic E-state index is -3.56. The summed E-state index contributed by atoms with van der Waals surface area (Å²) in [6.07, 6.45) is 3.58. The Hall–Kier alpha value is -0.980. The fourth-order valence-electron chi connectivity index (χ4n) is 2.40. The zero-order valence-electron chi connectivity index (χ0n) is 10.7. The number of nitrogens with two attached hydrogens (primary N) is 1. The maximum Gasteiger partial charge on any atom is 0.216 e. The van der Waals surface area contributed by atoms with Crippen LogP contribution in [0.1, 0.15) is 31.2 Å². The predicted molar refractivity (Wildman–Crippen MR) is 72.4 cm³/mol. The molecule has 0 aliphatic heterocycles. The second-order valence-corrected chi connectivity index (χ2v) is 6.78. The van der Waals surface area contributed by atoms with Crippen molar-refractivity contribution in [3.05, 3.63) is 35.6 Å². The van der Waals surface area contributed by atoms with Gasteiger partial charge >= 0.3 is 0 Å². The lowest BCUT2D eigenvalue weighted by molar-refractivity contribution is 0.361. The van der Waals surface area contributed by atoms with E-state index in [9.17, 15) is 12.8 Å². The van der Waals surface area contributed by atoms with Crippen LogP contribution >= 0.6 is 0 Å². The van der Waals surface area contributed by atoms with Gasteiger partial charge in [0.05, 0.1) is 5.75 Å². The van der Waals surface area contributed by atoms with Gasteiger partial charge < -0.3 is 5.73 Å². The average Bonchev–Trinajstić information content (AvgIpc) is 2.35. The Morgan fingerprint density at radius 3 is 2.63 bits per heavy atom. The van der Waals surface area contributed by atoms with E-state index in [0.717, 1.165) is 25.7 Å². The van der Waals surface area contributed by atoms with E-state index in [0.29, 0.717) is 0 Å². The Labute approximate surface area is 113 Å². The van der Waals surface area contributed by atoms with E-state index in [-0.39, 0.29) is 23.4 Å². The fourth-order valence-corrected chi connectivity index (χ4v) is 3.88. The fraction of sp³-hybridized carbons (Fsp3) is 0.538. The molecule has 1 aliphatic rings. The van der Waals surface area contributed by atoms with E-state index >= 15 is 0 Å². The summed E-state index contributed by atoms with van der Waals surface area (Å²) in [5.74, 6) is -0.844. The molecule has 19 heavy (non-hydrogen) atoms. The van der Waals surface area contributed by atoms with E-state index < -0.39 is 15.8 Å². The van der Waals surface area contributed by atoms with Gasteiger partial charge in [0.2, 0.25) is 10.0 Å². The first kappa shape index (κ1) is 14.4. The van der Waals surface area contributed by atoms with Gasteiger partial charge in [-0.2, -0.15) is 0 Å². The van der Waals surface area contributed by atoms with Crippen LogP contribution in [0.2, 0.25) is 0 Å². The second-order valence-electron chi connectivity index (χ2n) is 5.02. The third-order valence-corrected chi connectivity index (χ3v) is 4.81. The van der Waals surface area contributed by atoms with E-state index in [4.69, 9.17) is 5.73 Å². The molecule has 1 aliphatic carbocycles. The zero-order chi connectivity index (χ0) is 13.9. The van der Waals surface area contributed by atoms with E-state index in [1.165, 1.54) is 18.2 Å². The van der Waals surface area contributed by atoms with Gasteiger partial charge in [-0.15, -0.1) is 0 Å². The van der Waals surface area contributed by atoms with Crippen molar-refractivity contribution in [2.45, 2.75) is 43.5 Å². The van der Waals surface area contributed by atoms with Gasteiger partial charge in [-0.3, -0.25) is 0 Å². The summed E-state index contributed by atoms with van der Waals surface area (Å²) in [4.78, 5) is 0. The van der Waals surface area contributed by atoms with E-state index in [1.807, 2.05) is 0 Å². The lowest BCUT2D eigenvalue weighted by Crippen LogP contribution is -2.49. The van der Waals surface area contributed by atoms with Crippen LogP contribution in [0.4, 0.5) is 4.39 Å². The molecule has 2 rings (SSSR count). The number of halogens is 1. The first-order chi connectivity index (χ1) is 8.98. The monoisotopic (exact) mass is 286 g/mol. The number of hydrogen-bond donors (Lipinski definition) is 2. The molecule has 1 fully saturated rings. The highest BCUT2D eigenvalue weighted by atomic mass is 32.2. The van der Waals surface area contributed by atoms with E-state index in [1.54, 1.807) is 6.07 Å². The molecule has 0 heterocycles. The van der Waals surface area contributed by atoms with Gasteiger partial charge in [-0.25, -0.2) is 17.5 Å². The Bertz CT molecular complexity index is 533. The molecule has 0 saturated heterocycles. The highest BCUT2D eigenvalue weighted by molar-refractivity contribution is 7.88. The number of sulfonamides is 1. The van der Waals surface area contributed by atoms with Gasteiger partial charge in [0.15, 0.2) is 0 Å². The van der Waals surface area contributed by atoms with Crippen LogP contribution < -0.4 is 10.5 Å². The third kappa shape index (κ3) is 3.99. The molecule has 0 amide bonds. The average molecular weight is 286 g/mol. The summed E-state index contributed by atoms with van der Waals surface area (Å²) in [6, 6.07) is 5.53. The lowest BCUT2D eigenvalue weighted by Gasteiger charge is -2.29. The van der Waals surface area contributed by atoms with Crippen LogP contribution in [0.3, 0.4) is 0 Å². The van der Waals surface area contributed by atoms with Crippen LogP contribution in [0.25, 0.3) is 0 Å². The molecule has 6 heteroatoms. The lowest BCUT2D eigenvalue weighted by atomic mass is 9.92. The van der Waals surface area contributed by atoms with Crippen LogP contribution in [-0.4, -0.2) is 20.5 Å². The minimum absolute atomic E-state index is 0.149. The largest absolute Gasteiger partial charge is 0.326 e. The van der Waals surface area contributed by atoms with E-state index in [2.05, 4.69) is 4.72 Å². The van der Waals surface area contributed by atoms with Crippen molar-refractivity contribution in [2.24, 2.45) is 5.73 Å². The Morgan fingerprint density at radius 1 is 1.26 bits per heavy atom. The van der Waals surface area contributed by atoms with Gasteiger partial charge in [0.25, 0.3) is 0 Å². The molecule has 106 valence electrons. The van der Waals surface area contributed by atoms with Gasteiger partial charge in [-0.1, -0.05) is 31.0 Å². The summed E-state index contributed by atoms with van der Waals surface area (Å²) in [5, 5.41) is 0. The first-order valence-corrected chi connectivity index (χ1v) is 8.12. The number of nitrogens with one attached hydrogen (secondary N) is 1. The Kier molecular flexibility index (Phi) is 4.54. The van der Waals surface area contributed by atoms with Crippen molar-refractivity contribution in [2.75, 3.05) is 0 Å². The van der Waals surface area contributed by atoms with Crippen molar-refractivity contribution in [3.63, 3.8) is 0 Å². The van der Waals surface area contributed by atoms with Crippen LogP contribution in [0.5, 0.6) is 0 Å². The molecule has 1 saturated carbocycles. The van der Waals surface area contributed by atoms with Crippen LogP contribution in [0, 0.1) is 5.82 Å². The minimum Gasteiger partial charge on any atom is -0.326 e. The number of hydrogen-bond acceptors (Lipinski definition) is 3. The molecule has 0 bridgehead atoms. The van der Waals surface area contributed by atoms with Crippen LogP contribution in [-0.2, 0) is 15.8 Å². The van der Waals surface area contributed by atoms with Crippen LogP contribution in [0.15, 0.2) is 24.3 Å². The van der Waals surface area contributed by atoms with Gasteiger partial charge in [0, 0.05) is 17.6 Å². The topological polar surface area (TPSA) is 72.2 Å². The SMILES string of the molecule is N[C@@H]1CCCC[C@H]1NS(=O)(=O)Cc1ccccc1F. The molecule has 0 radical (unpaired) electrons. The first-order valence-electron chi connectivity index (χ1n) is 6.47. The standard InChI is InChI=1S/C13H19FN2O2S/c14-11-6-2-1-5-10(11)9-19(17,18)16-13-8-4-3-7-12(13)15/h1-2,5-6,12-13,16H,3-4,7-9,15H2/t12-,13-/m1/s1. The predicted octanol–water partition coefficient (Wildman–Crippen LogP) is 1.51. The molecular formula is C13H19FN2O2S. The summed E-state index contributed by atoms with van der Waals surface area (Å²) in [5.41, 5.74) is 6.09. The number of benzene rings is 1. The summed E-state index contributed by atoms with van der Waals surface area (Å²) >= 11 is 0. The van der Waals surface area contributed by atoms with Gasteiger partial charge in [-0.05, 0) is 18.9 Å². The Balaban J connectivity index is 2.04. The third-order valence-electron chi connectivity index (χ3n) is 3.45. The van der Waals surface area contributed by atoms with Crippen molar-refractivity contribution < 1.29 is 12.8 Å². The normalized spacial score (nSPS) is 24.3. The number of rotatable bonds is 4. The van der Waals surface area contributed by atoms with Crippen molar-refractivity contribution in [1.82, 2.24) is 4.72 Å². The molecule has 2 atom stereocenters. The second kappa shape index (κ2) is 5.98. The molecular weight excluding hydrogens is 267 g/mol. The molecule has 3 N–H and O–H groups in total. The summed E-state index contributed by atoms with van der Waals surface area (Å²) in [6.45, 7) is 0. The van der Waals surface area contributed by atoms with Gasteiger partial charge in [0.1, 0.15) is 5.82 Å². The molecule has 0 spiro atoms. The Morgan fingerprint density at radius 2 is 1.95 bits per heavy atom. The molecule has 1 aromatic rings. The maximum absolute atomic E-state index is 13.5. The summed E-state index contributed by atoms with van der Waals surface area (Å²) < 4.78 is 40.1. The van der Waals surface area contributed by atoms with Crippen molar-refractivity contribution in [3.8, 4) is 0 Å². The molecule has 0 unspecified atom stereocenters. The zero-order valence-corrected chi connectivity index (χ0v) is 11.5. The van der Waals surface area contributed by atoms with Crippen molar-refractivity contribution >= 4 is 10.0 Å². The highest BCUT2D eigenvalue weighted by Gasteiger charge is 2.26. The maximum atomic E-state index is 13.5. The smallest absolute Gasteiger partial charge is 0.216 e. The molecule has 4 nitrogen and oxygen atoms in total. The molecule has 0 aromatic heterocycles. The highest BCUT2D eigenvalue weighted by Crippen LogP contribution is 2.18.